The van der Waals surface area contributed by atoms with Gasteiger partial charge in [0.05, 0.1) is 28.8 Å². The van der Waals surface area contributed by atoms with E-state index in [9.17, 15) is 17.8 Å². The number of hydrogen-bond donors (Lipinski definition) is 0. The number of alkyl halides is 1. The number of nitrogens with zero attached hydrogens (tertiary/aromatic N) is 1. The average molecular weight is 590 g/mol. The Morgan fingerprint density at radius 3 is 2.29 bits per heavy atom. The molecule has 2 rings (SSSR count). The Balaban J connectivity index is 2.66. The van der Waals surface area contributed by atoms with Gasteiger partial charge < -0.3 is 18.5 Å². The lowest BCUT2D eigenvalue weighted by Gasteiger charge is -2.29. The molecule has 1 aromatic heterocycles. The van der Waals surface area contributed by atoms with Gasteiger partial charge in [-0.05, 0) is 53.2 Å². The van der Waals surface area contributed by atoms with Crippen LogP contribution in [0.2, 0.25) is 5.02 Å². The molecule has 0 saturated carbocycles. The van der Waals surface area contributed by atoms with Crippen LogP contribution in [-0.2, 0) is 28.4 Å². The third-order valence-electron chi connectivity index (χ3n) is 4.34. The van der Waals surface area contributed by atoms with Crippen LogP contribution in [0.15, 0.2) is 16.3 Å². The van der Waals surface area contributed by atoms with E-state index in [4.69, 9.17) is 41.7 Å². The van der Waals surface area contributed by atoms with E-state index in [-0.39, 0.29) is 34.9 Å². The Kier molecular flexibility index (Phi) is 10.3. The molecule has 1 heterocycles. The summed E-state index contributed by atoms with van der Waals surface area (Å²) in [5.41, 5.74) is -0.668. The van der Waals surface area contributed by atoms with Gasteiger partial charge >= 0.3 is 13.7 Å². The molecular formula is C21H30Cl2NO8PS2. The standard InChI is InChI=1S/C21H30Cl2NO8PS2/c1-7-30-33(26,31-8-2)13-24(20(25)32-21(4,5)6)35(27,28)19-14(3)16-11-15(29-10-9-22)12-17(23)18(16)34-19/h11-12H,7-10,13H2,1-6H3. The average Bonchev–Trinajstić information content (AvgIpc) is 3.07. The summed E-state index contributed by atoms with van der Waals surface area (Å²) in [7, 11) is -8.56. The molecule has 9 nitrogen and oxygen atoms in total. The number of halogens is 2. The number of hydrogen-bond acceptors (Lipinski definition) is 9. The summed E-state index contributed by atoms with van der Waals surface area (Å²) in [4.78, 5) is 13.1. The van der Waals surface area contributed by atoms with Gasteiger partial charge in [-0.25, -0.2) is 4.79 Å². The van der Waals surface area contributed by atoms with Gasteiger partial charge in [0, 0.05) is 11.5 Å². The number of carbonyl (C=O) groups excluding carboxylic acids is 1. The van der Waals surface area contributed by atoms with Gasteiger partial charge in [0.1, 0.15) is 28.5 Å². The van der Waals surface area contributed by atoms with Crippen LogP contribution in [0.4, 0.5) is 4.79 Å². The van der Waals surface area contributed by atoms with Crippen molar-refractivity contribution in [1.82, 2.24) is 4.31 Å². The zero-order valence-electron chi connectivity index (χ0n) is 20.4. The second-order valence-electron chi connectivity index (χ2n) is 8.26. The van der Waals surface area contributed by atoms with Crippen LogP contribution in [0.25, 0.3) is 10.1 Å². The molecule has 1 amide bonds. The summed E-state index contributed by atoms with van der Waals surface area (Å²) >= 11 is 13.0. The van der Waals surface area contributed by atoms with Crippen molar-refractivity contribution < 1.29 is 36.3 Å². The highest BCUT2D eigenvalue weighted by Gasteiger charge is 2.42. The van der Waals surface area contributed by atoms with Crippen LogP contribution in [0.5, 0.6) is 5.75 Å². The van der Waals surface area contributed by atoms with Crippen LogP contribution in [0.3, 0.4) is 0 Å². The largest absolute Gasteiger partial charge is 0.492 e. The lowest BCUT2D eigenvalue weighted by Crippen LogP contribution is -2.41. The first-order chi connectivity index (χ1) is 16.2. The van der Waals surface area contributed by atoms with E-state index >= 15 is 0 Å². The van der Waals surface area contributed by atoms with Gasteiger partial charge in [-0.2, -0.15) is 12.7 Å². The molecule has 35 heavy (non-hydrogen) atoms. The summed E-state index contributed by atoms with van der Waals surface area (Å²) in [6, 6.07) is 3.22. The molecule has 14 heteroatoms. The van der Waals surface area contributed by atoms with Crippen LogP contribution >= 0.6 is 42.1 Å². The number of rotatable bonds is 11. The van der Waals surface area contributed by atoms with Crippen molar-refractivity contribution >= 4 is 68.3 Å². The minimum atomic E-state index is -4.56. The molecule has 0 N–H and O–H groups in total. The number of carbonyl (C=O) groups is 1. The number of fused-ring (bicyclic) bond motifs is 1. The maximum Gasteiger partial charge on any atom is 0.424 e. The second-order valence-corrected chi connectivity index (χ2v) is 14.1. The normalized spacial score (nSPS) is 12.7. The molecule has 0 aliphatic carbocycles. The summed E-state index contributed by atoms with van der Waals surface area (Å²) in [5, 5.41) is 0.812. The van der Waals surface area contributed by atoms with E-state index in [0.717, 1.165) is 11.3 Å². The molecule has 0 unspecified atom stereocenters. The minimum absolute atomic E-state index is 0.0118. The first kappa shape index (κ1) is 30.2. The number of sulfonamides is 1. The first-order valence-corrected chi connectivity index (χ1v) is 15.6. The van der Waals surface area contributed by atoms with E-state index in [0.29, 0.717) is 25.7 Å². The third-order valence-corrected chi connectivity index (χ3v) is 10.7. The molecule has 1 aromatic carbocycles. The van der Waals surface area contributed by atoms with Crippen LogP contribution in [0.1, 0.15) is 40.2 Å². The second kappa shape index (κ2) is 12.0. The predicted octanol–water partition coefficient (Wildman–Crippen LogP) is 6.63. The van der Waals surface area contributed by atoms with Gasteiger partial charge in [0.25, 0.3) is 10.0 Å². The van der Waals surface area contributed by atoms with Crippen molar-refractivity contribution in [2.24, 2.45) is 0 Å². The van der Waals surface area contributed by atoms with Gasteiger partial charge in [-0.15, -0.1) is 22.9 Å². The van der Waals surface area contributed by atoms with Gasteiger partial charge in [0.15, 0.2) is 0 Å². The molecular weight excluding hydrogens is 560 g/mol. The van der Waals surface area contributed by atoms with Crippen molar-refractivity contribution in [3.05, 3.63) is 22.7 Å². The molecule has 0 saturated heterocycles. The molecule has 0 radical (unpaired) electrons. The van der Waals surface area contributed by atoms with Crippen molar-refractivity contribution in [3.8, 4) is 5.75 Å². The smallest absolute Gasteiger partial charge is 0.424 e. The van der Waals surface area contributed by atoms with Gasteiger partial charge in [0.2, 0.25) is 0 Å². The van der Waals surface area contributed by atoms with E-state index in [1.54, 1.807) is 53.7 Å². The summed E-state index contributed by atoms with van der Waals surface area (Å²) in [6.07, 6.45) is -2.05. The maximum absolute atomic E-state index is 13.8. The maximum atomic E-state index is 13.8. The molecule has 198 valence electrons. The number of benzene rings is 1. The summed E-state index contributed by atoms with van der Waals surface area (Å²) < 4.78 is 63.0. The summed E-state index contributed by atoms with van der Waals surface area (Å²) in [5.74, 6) is 0.692. The molecule has 2 aromatic rings. The van der Waals surface area contributed by atoms with Crippen molar-refractivity contribution in [2.75, 3.05) is 32.0 Å². The van der Waals surface area contributed by atoms with E-state index < -0.39 is 35.6 Å². The number of amides is 1. The van der Waals surface area contributed by atoms with Crippen molar-refractivity contribution in [1.29, 1.82) is 0 Å². The highest BCUT2D eigenvalue weighted by molar-refractivity contribution is 7.92. The predicted molar refractivity (Wildman–Crippen MR) is 139 cm³/mol. The monoisotopic (exact) mass is 589 g/mol. The van der Waals surface area contributed by atoms with Crippen LogP contribution in [-0.4, -0.2) is 56.4 Å². The lowest BCUT2D eigenvalue weighted by molar-refractivity contribution is 0.0399. The van der Waals surface area contributed by atoms with Gasteiger partial charge in [-0.3, -0.25) is 4.57 Å². The number of ether oxygens (including phenoxy) is 2. The van der Waals surface area contributed by atoms with Crippen LogP contribution in [0, 0.1) is 6.92 Å². The van der Waals surface area contributed by atoms with Crippen molar-refractivity contribution in [3.63, 3.8) is 0 Å². The molecule has 0 fully saturated rings. The van der Waals surface area contributed by atoms with Crippen molar-refractivity contribution in [2.45, 2.75) is 51.4 Å². The Morgan fingerprint density at radius 2 is 1.77 bits per heavy atom. The highest BCUT2D eigenvalue weighted by atomic mass is 35.5. The SMILES string of the molecule is CCOP(=O)(CN(C(=O)OC(C)(C)C)S(=O)(=O)c1sc2c(Cl)cc(OCCCl)cc2c1C)OCC. The molecule has 0 aliphatic heterocycles. The van der Waals surface area contributed by atoms with Crippen LogP contribution < -0.4 is 4.74 Å². The minimum Gasteiger partial charge on any atom is -0.492 e. The summed E-state index contributed by atoms with van der Waals surface area (Å²) in [6.45, 7) is 9.75. The fraction of sp³-hybridized carbons (Fsp3) is 0.571. The molecule has 0 atom stereocenters. The van der Waals surface area contributed by atoms with E-state index in [1.807, 2.05) is 0 Å². The quantitative estimate of drug-likeness (QED) is 0.212. The Labute approximate surface area is 220 Å². The molecule has 0 spiro atoms. The molecule has 0 aliphatic rings. The Bertz CT molecular complexity index is 1200. The Hall–Kier alpha value is -1.07. The Morgan fingerprint density at radius 1 is 1.17 bits per heavy atom. The fourth-order valence-corrected chi connectivity index (χ4v) is 8.72. The van der Waals surface area contributed by atoms with E-state index in [1.165, 1.54) is 0 Å². The van der Waals surface area contributed by atoms with E-state index in [2.05, 4.69) is 0 Å². The number of aryl methyl sites for hydroxylation is 1. The highest BCUT2D eigenvalue weighted by Crippen LogP contribution is 2.50. The lowest BCUT2D eigenvalue weighted by atomic mass is 10.2. The van der Waals surface area contributed by atoms with Gasteiger partial charge in [-0.1, -0.05) is 11.6 Å². The number of thiophene rings is 1. The first-order valence-electron chi connectivity index (χ1n) is 10.7. The zero-order chi connectivity index (χ0) is 26.6. The topological polar surface area (TPSA) is 108 Å². The molecule has 0 bridgehead atoms. The zero-order valence-corrected chi connectivity index (χ0v) is 24.5. The fourth-order valence-electron chi connectivity index (χ4n) is 3.03. The third kappa shape index (κ3) is 7.47.